The van der Waals surface area contributed by atoms with Crippen LogP contribution in [0.4, 0.5) is 23.7 Å². The number of nitrogens with zero attached hydrogens (tertiary/aromatic N) is 1. The zero-order chi connectivity index (χ0) is 24.4. The average Bonchev–Trinajstić information content (AvgIpc) is 3.11. The molecule has 0 aliphatic heterocycles. The third-order valence-electron chi connectivity index (χ3n) is 5.21. The molecular formula is C24H25F3N4O2. The van der Waals surface area contributed by atoms with Crippen molar-refractivity contribution in [3.63, 3.8) is 0 Å². The van der Waals surface area contributed by atoms with Crippen molar-refractivity contribution in [2.45, 2.75) is 38.2 Å². The minimum atomic E-state index is -5.07. The summed E-state index contributed by atoms with van der Waals surface area (Å²) < 4.78 is 45.0. The highest BCUT2D eigenvalue weighted by atomic mass is 19.4. The summed E-state index contributed by atoms with van der Waals surface area (Å²) in [7, 11) is 0. The SMILES string of the molecule is C=CCn1cc(C(O)(c2ccc(NC(=O)NC(C)C)c(C=N)c2)C(F)(F)F)c2ccccc21. The van der Waals surface area contributed by atoms with E-state index in [1.54, 1.807) is 42.7 Å². The van der Waals surface area contributed by atoms with E-state index in [-0.39, 0.29) is 34.8 Å². The van der Waals surface area contributed by atoms with Crippen LogP contribution in [0.1, 0.15) is 30.5 Å². The fraction of sp³-hybridized carbons (Fsp3) is 0.250. The highest BCUT2D eigenvalue weighted by molar-refractivity contribution is 5.96. The zero-order valence-electron chi connectivity index (χ0n) is 18.2. The van der Waals surface area contributed by atoms with Gasteiger partial charge in [0, 0.05) is 47.0 Å². The van der Waals surface area contributed by atoms with E-state index in [4.69, 9.17) is 5.41 Å². The molecule has 0 radical (unpaired) electrons. The van der Waals surface area contributed by atoms with E-state index in [1.165, 1.54) is 18.3 Å². The Morgan fingerprint density at radius 3 is 2.55 bits per heavy atom. The lowest BCUT2D eigenvalue weighted by Crippen LogP contribution is -2.43. The molecule has 0 fully saturated rings. The molecule has 1 atom stereocenters. The fourth-order valence-corrected chi connectivity index (χ4v) is 3.74. The van der Waals surface area contributed by atoms with E-state index in [0.29, 0.717) is 5.52 Å². The summed E-state index contributed by atoms with van der Waals surface area (Å²) in [6.07, 6.45) is -1.42. The number of alkyl halides is 3. The lowest BCUT2D eigenvalue weighted by atomic mass is 9.84. The first-order valence-corrected chi connectivity index (χ1v) is 10.2. The predicted molar refractivity (Wildman–Crippen MR) is 123 cm³/mol. The molecular weight excluding hydrogens is 433 g/mol. The maximum absolute atomic E-state index is 14.5. The lowest BCUT2D eigenvalue weighted by molar-refractivity contribution is -0.247. The largest absolute Gasteiger partial charge is 0.425 e. The van der Waals surface area contributed by atoms with Gasteiger partial charge in [-0.1, -0.05) is 30.3 Å². The van der Waals surface area contributed by atoms with Crippen molar-refractivity contribution in [1.29, 1.82) is 5.41 Å². The third kappa shape index (κ3) is 4.49. The Hall–Kier alpha value is -3.59. The second kappa shape index (κ2) is 9.11. The van der Waals surface area contributed by atoms with E-state index in [9.17, 15) is 23.1 Å². The number of hydrogen-bond donors (Lipinski definition) is 4. The predicted octanol–water partition coefficient (Wildman–Crippen LogP) is 5.15. The van der Waals surface area contributed by atoms with Gasteiger partial charge in [0.2, 0.25) is 5.60 Å². The van der Waals surface area contributed by atoms with Crippen LogP contribution < -0.4 is 10.6 Å². The molecule has 3 rings (SSSR count). The first-order chi connectivity index (χ1) is 15.5. The van der Waals surface area contributed by atoms with Crippen molar-refractivity contribution >= 4 is 28.8 Å². The number of para-hydroxylation sites is 1. The molecule has 2 amide bonds. The molecule has 3 aromatic rings. The molecule has 0 aliphatic rings. The lowest BCUT2D eigenvalue weighted by Gasteiger charge is -2.31. The quantitative estimate of drug-likeness (QED) is 0.291. The van der Waals surface area contributed by atoms with Crippen LogP contribution in [0, 0.1) is 5.41 Å². The van der Waals surface area contributed by atoms with Gasteiger partial charge in [0.1, 0.15) is 0 Å². The van der Waals surface area contributed by atoms with Gasteiger partial charge in [0.25, 0.3) is 0 Å². The number of halogens is 3. The highest BCUT2D eigenvalue weighted by Gasteiger charge is 2.57. The van der Waals surface area contributed by atoms with Gasteiger partial charge < -0.3 is 25.7 Å². The van der Waals surface area contributed by atoms with Crippen molar-refractivity contribution in [1.82, 2.24) is 9.88 Å². The highest BCUT2D eigenvalue weighted by Crippen LogP contribution is 2.47. The van der Waals surface area contributed by atoms with Gasteiger partial charge in [-0.2, -0.15) is 13.2 Å². The molecule has 1 aromatic heterocycles. The molecule has 174 valence electrons. The van der Waals surface area contributed by atoms with Crippen molar-refractivity contribution in [2.24, 2.45) is 0 Å². The molecule has 0 saturated carbocycles. The number of allylic oxidation sites excluding steroid dienone is 1. The van der Waals surface area contributed by atoms with Crippen LogP contribution in [0.5, 0.6) is 0 Å². The van der Waals surface area contributed by atoms with E-state index < -0.39 is 23.4 Å². The van der Waals surface area contributed by atoms with Gasteiger partial charge in [-0.25, -0.2) is 4.79 Å². The Bertz CT molecular complexity index is 1200. The first-order valence-electron chi connectivity index (χ1n) is 10.2. The van der Waals surface area contributed by atoms with E-state index in [0.717, 1.165) is 18.3 Å². The summed E-state index contributed by atoms with van der Waals surface area (Å²) in [4.78, 5) is 12.0. The van der Waals surface area contributed by atoms with Gasteiger partial charge in [-0.05, 0) is 37.6 Å². The number of carbonyl (C=O) groups is 1. The van der Waals surface area contributed by atoms with Gasteiger partial charge in [0.15, 0.2) is 0 Å². The van der Waals surface area contributed by atoms with Gasteiger partial charge in [0.05, 0.1) is 5.69 Å². The van der Waals surface area contributed by atoms with Crippen molar-refractivity contribution in [2.75, 3.05) is 5.32 Å². The smallest absolute Gasteiger partial charge is 0.372 e. The summed E-state index contributed by atoms with van der Waals surface area (Å²) in [6, 6.07) is 9.19. The Kier molecular flexibility index (Phi) is 6.64. The summed E-state index contributed by atoms with van der Waals surface area (Å²) in [6.45, 7) is 7.42. The number of benzene rings is 2. The average molecular weight is 458 g/mol. The summed E-state index contributed by atoms with van der Waals surface area (Å²) in [5, 5.41) is 24.3. The first kappa shape index (κ1) is 24.1. The normalized spacial score (nSPS) is 13.5. The Morgan fingerprint density at radius 2 is 1.94 bits per heavy atom. The summed E-state index contributed by atoms with van der Waals surface area (Å²) >= 11 is 0. The molecule has 6 nitrogen and oxygen atoms in total. The van der Waals surface area contributed by atoms with Crippen LogP contribution in [0.2, 0.25) is 0 Å². The minimum Gasteiger partial charge on any atom is -0.372 e. The number of hydrogen-bond acceptors (Lipinski definition) is 3. The summed E-state index contributed by atoms with van der Waals surface area (Å²) in [5.41, 5.74) is -3.47. The van der Waals surface area contributed by atoms with Crippen LogP contribution in [0.15, 0.2) is 61.3 Å². The number of nitrogens with one attached hydrogen (secondary N) is 3. The number of anilines is 1. The van der Waals surface area contributed by atoms with Crippen LogP contribution in [-0.4, -0.2) is 34.1 Å². The Morgan fingerprint density at radius 1 is 1.24 bits per heavy atom. The van der Waals surface area contributed by atoms with Crippen LogP contribution in [0.3, 0.4) is 0 Å². The maximum Gasteiger partial charge on any atom is 0.425 e. The molecule has 0 spiro atoms. The van der Waals surface area contributed by atoms with Gasteiger partial charge in [-0.15, -0.1) is 6.58 Å². The zero-order valence-corrected chi connectivity index (χ0v) is 18.2. The molecule has 9 heteroatoms. The number of urea groups is 1. The molecule has 0 bridgehead atoms. The molecule has 1 unspecified atom stereocenters. The monoisotopic (exact) mass is 458 g/mol. The van der Waals surface area contributed by atoms with Gasteiger partial charge >= 0.3 is 12.2 Å². The minimum absolute atomic E-state index is 0.0175. The molecule has 4 N–H and O–H groups in total. The number of carbonyl (C=O) groups excluding carboxylic acids is 1. The van der Waals surface area contributed by atoms with Crippen LogP contribution in [0.25, 0.3) is 10.9 Å². The number of rotatable bonds is 7. The van der Waals surface area contributed by atoms with E-state index in [2.05, 4.69) is 17.2 Å². The number of aromatic nitrogens is 1. The van der Waals surface area contributed by atoms with Crippen LogP contribution in [-0.2, 0) is 12.1 Å². The van der Waals surface area contributed by atoms with Crippen molar-refractivity contribution < 1.29 is 23.1 Å². The van der Waals surface area contributed by atoms with Gasteiger partial charge in [-0.3, -0.25) is 0 Å². The maximum atomic E-state index is 14.5. The molecule has 33 heavy (non-hydrogen) atoms. The van der Waals surface area contributed by atoms with E-state index in [1.807, 2.05) is 0 Å². The fourth-order valence-electron chi connectivity index (χ4n) is 3.74. The molecule has 1 heterocycles. The molecule has 2 aromatic carbocycles. The Labute approximate surface area is 189 Å². The Balaban J connectivity index is 2.19. The number of aliphatic hydroxyl groups is 1. The molecule has 0 saturated heterocycles. The third-order valence-corrected chi connectivity index (χ3v) is 5.21. The van der Waals surface area contributed by atoms with E-state index >= 15 is 0 Å². The van der Waals surface area contributed by atoms with Crippen molar-refractivity contribution in [3.05, 3.63) is 78.0 Å². The topological polar surface area (TPSA) is 90.1 Å². The van der Waals surface area contributed by atoms with Crippen LogP contribution >= 0.6 is 0 Å². The number of amides is 2. The standard InChI is InChI=1S/C24H25F3N4O2/c1-4-11-31-14-19(18-7-5-6-8-21(18)31)23(33,24(25,26)27)17-9-10-20(16(12-17)13-28)30-22(32)29-15(2)3/h4-10,12-15,28,33H,1,11H2,2-3H3,(H2,29,30,32). The summed E-state index contributed by atoms with van der Waals surface area (Å²) in [5.74, 6) is 0. The second-order valence-corrected chi connectivity index (χ2v) is 7.91. The number of fused-ring (bicyclic) bond motifs is 1. The van der Waals surface area contributed by atoms with Crippen molar-refractivity contribution in [3.8, 4) is 0 Å². The second-order valence-electron chi connectivity index (χ2n) is 7.91. The molecule has 0 aliphatic carbocycles.